The lowest BCUT2D eigenvalue weighted by Crippen LogP contribution is -2.47. The standard InChI is InChI=1S/C12H18N2O/c1-12(2)13-8-11(15)14(12)9-10-6-4-3-5-7-10/h3-7,11,13,15H,8-9H2,1-2H3. The largest absolute Gasteiger partial charge is 0.377 e. The molecule has 1 unspecified atom stereocenters. The van der Waals surface area contributed by atoms with Gasteiger partial charge >= 0.3 is 0 Å². The van der Waals surface area contributed by atoms with Crippen LogP contribution in [0.2, 0.25) is 0 Å². The Bertz CT molecular complexity index is 324. The number of nitrogens with one attached hydrogen (secondary N) is 1. The average molecular weight is 206 g/mol. The highest BCUT2D eigenvalue weighted by Gasteiger charge is 2.37. The molecule has 2 N–H and O–H groups in total. The Labute approximate surface area is 90.7 Å². The predicted octanol–water partition coefficient (Wildman–Crippen LogP) is 1.15. The summed E-state index contributed by atoms with van der Waals surface area (Å²) in [5.74, 6) is 0. The van der Waals surface area contributed by atoms with E-state index in [1.54, 1.807) is 0 Å². The third-order valence-electron chi connectivity index (χ3n) is 2.99. The summed E-state index contributed by atoms with van der Waals surface area (Å²) in [4.78, 5) is 2.07. The molecular weight excluding hydrogens is 188 g/mol. The predicted molar refractivity (Wildman–Crippen MR) is 60.1 cm³/mol. The van der Waals surface area contributed by atoms with Gasteiger partial charge in [0.2, 0.25) is 0 Å². The molecular formula is C12H18N2O. The average Bonchev–Trinajstić information content (AvgIpc) is 2.47. The normalized spacial score (nSPS) is 25.7. The molecule has 82 valence electrons. The zero-order chi connectivity index (χ0) is 10.9. The summed E-state index contributed by atoms with van der Waals surface area (Å²) in [5.41, 5.74) is 1.10. The first-order chi connectivity index (χ1) is 7.09. The van der Waals surface area contributed by atoms with Gasteiger partial charge in [-0.3, -0.25) is 10.2 Å². The molecule has 0 aromatic heterocycles. The van der Waals surface area contributed by atoms with E-state index >= 15 is 0 Å². The van der Waals surface area contributed by atoms with E-state index in [4.69, 9.17) is 0 Å². The topological polar surface area (TPSA) is 35.5 Å². The summed E-state index contributed by atoms with van der Waals surface area (Å²) in [7, 11) is 0. The van der Waals surface area contributed by atoms with Crippen LogP contribution in [0.1, 0.15) is 19.4 Å². The molecule has 1 aromatic carbocycles. The van der Waals surface area contributed by atoms with Crippen LogP contribution in [-0.4, -0.2) is 28.4 Å². The van der Waals surface area contributed by atoms with Gasteiger partial charge in [0, 0.05) is 13.1 Å². The molecule has 1 atom stereocenters. The fraction of sp³-hybridized carbons (Fsp3) is 0.500. The molecule has 1 aliphatic rings. The molecule has 0 amide bonds. The van der Waals surface area contributed by atoms with E-state index in [1.165, 1.54) is 5.56 Å². The van der Waals surface area contributed by atoms with E-state index in [1.807, 2.05) is 18.2 Å². The fourth-order valence-electron chi connectivity index (χ4n) is 2.01. The van der Waals surface area contributed by atoms with E-state index in [0.29, 0.717) is 6.54 Å². The zero-order valence-corrected chi connectivity index (χ0v) is 9.27. The molecule has 0 spiro atoms. The van der Waals surface area contributed by atoms with E-state index in [-0.39, 0.29) is 11.9 Å². The van der Waals surface area contributed by atoms with Crippen LogP contribution >= 0.6 is 0 Å². The molecule has 1 aliphatic heterocycles. The summed E-state index contributed by atoms with van der Waals surface area (Å²) < 4.78 is 0. The van der Waals surface area contributed by atoms with E-state index in [9.17, 15) is 5.11 Å². The second-order valence-corrected chi connectivity index (χ2v) is 4.53. The molecule has 3 nitrogen and oxygen atoms in total. The van der Waals surface area contributed by atoms with Crippen LogP contribution in [0.25, 0.3) is 0 Å². The minimum absolute atomic E-state index is 0.130. The number of hydrogen-bond donors (Lipinski definition) is 2. The van der Waals surface area contributed by atoms with Gasteiger partial charge in [-0.25, -0.2) is 0 Å². The van der Waals surface area contributed by atoms with Crippen molar-refractivity contribution in [3.8, 4) is 0 Å². The highest BCUT2D eigenvalue weighted by atomic mass is 16.3. The first-order valence-electron chi connectivity index (χ1n) is 5.33. The van der Waals surface area contributed by atoms with E-state index in [2.05, 4.69) is 36.2 Å². The van der Waals surface area contributed by atoms with Crippen molar-refractivity contribution in [3.05, 3.63) is 35.9 Å². The van der Waals surface area contributed by atoms with Crippen LogP contribution in [0, 0.1) is 0 Å². The van der Waals surface area contributed by atoms with Gasteiger partial charge in [-0.05, 0) is 19.4 Å². The molecule has 1 saturated heterocycles. The molecule has 0 aliphatic carbocycles. The second-order valence-electron chi connectivity index (χ2n) is 4.53. The Balaban J connectivity index is 2.11. The molecule has 2 rings (SSSR count). The Kier molecular flexibility index (Phi) is 2.78. The van der Waals surface area contributed by atoms with Gasteiger partial charge in [0.25, 0.3) is 0 Å². The van der Waals surface area contributed by atoms with Gasteiger partial charge in [0.05, 0.1) is 5.66 Å². The number of aliphatic hydroxyl groups is 1. The van der Waals surface area contributed by atoms with Crippen molar-refractivity contribution < 1.29 is 5.11 Å². The van der Waals surface area contributed by atoms with Crippen LogP contribution in [0.15, 0.2) is 30.3 Å². The summed E-state index contributed by atoms with van der Waals surface area (Å²) in [6.45, 7) is 5.60. The molecule has 0 bridgehead atoms. The number of nitrogens with zero attached hydrogens (tertiary/aromatic N) is 1. The third-order valence-corrected chi connectivity index (χ3v) is 2.99. The van der Waals surface area contributed by atoms with Crippen LogP contribution in [0.4, 0.5) is 0 Å². The van der Waals surface area contributed by atoms with Gasteiger partial charge in [0.1, 0.15) is 6.23 Å². The minimum atomic E-state index is -0.389. The van der Waals surface area contributed by atoms with Gasteiger partial charge in [-0.1, -0.05) is 30.3 Å². The lowest BCUT2D eigenvalue weighted by atomic mass is 10.1. The maximum atomic E-state index is 9.85. The summed E-state index contributed by atoms with van der Waals surface area (Å²) in [6, 6.07) is 10.2. The number of aliphatic hydroxyl groups excluding tert-OH is 1. The first kappa shape index (κ1) is 10.6. The molecule has 0 saturated carbocycles. The Morgan fingerprint density at radius 3 is 2.60 bits per heavy atom. The maximum Gasteiger partial charge on any atom is 0.121 e. The van der Waals surface area contributed by atoms with Crippen LogP contribution in [-0.2, 0) is 6.54 Å². The monoisotopic (exact) mass is 206 g/mol. The highest BCUT2D eigenvalue weighted by molar-refractivity contribution is 5.15. The lowest BCUT2D eigenvalue weighted by molar-refractivity contribution is -0.0113. The first-order valence-corrected chi connectivity index (χ1v) is 5.33. The number of β-amino-alcohol motifs (C(OH)–C–C–N with tert-alkyl or cyclic N) is 1. The molecule has 0 radical (unpaired) electrons. The van der Waals surface area contributed by atoms with Gasteiger partial charge in [-0.15, -0.1) is 0 Å². The van der Waals surface area contributed by atoms with Crippen molar-refractivity contribution >= 4 is 0 Å². The number of benzene rings is 1. The molecule has 1 heterocycles. The quantitative estimate of drug-likeness (QED) is 0.762. The molecule has 1 aromatic rings. The van der Waals surface area contributed by atoms with Crippen LogP contribution < -0.4 is 5.32 Å². The van der Waals surface area contributed by atoms with Crippen molar-refractivity contribution in [3.63, 3.8) is 0 Å². The second kappa shape index (κ2) is 3.93. The van der Waals surface area contributed by atoms with Crippen molar-refractivity contribution in [2.75, 3.05) is 6.54 Å². The smallest absolute Gasteiger partial charge is 0.121 e. The third kappa shape index (κ3) is 2.20. The van der Waals surface area contributed by atoms with Crippen molar-refractivity contribution in [1.82, 2.24) is 10.2 Å². The number of rotatable bonds is 2. The zero-order valence-electron chi connectivity index (χ0n) is 9.27. The Hall–Kier alpha value is -0.900. The SMILES string of the molecule is CC1(C)NCC(O)N1Cc1ccccc1. The van der Waals surface area contributed by atoms with Gasteiger partial charge in [-0.2, -0.15) is 0 Å². The van der Waals surface area contributed by atoms with Crippen molar-refractivity contribution in [2.45, 2.75) is 32.3 Å². The molecule has 3 heteroatoms. The summed E-state index contributed by atoms with van der Waals surface area (Å²) in [5, 5.41) is 13.1. The van der Waals surface area contributed by atoms with Gasteiger partial charge in [0.15, 0.2) is 0 Å². The molecule has 1 fully saturated rings. The highest BCUT2D eigenvalue weighted by Crippen LogP contribution is 2.22. The van der Waals surface area contributed by atoms with Crippen molar-refractivity contribution in [1.29, 1.82) is 0 Å². The minimum Gasteiger partial charge on any atom is -0.377 e. The number of hydrogen-bond acceptors (Lipinski definition) is 3. The Morgan fingerprint density at radius 2 is 2.07 bits per heavy atom. The summed E-state index contributed by atoms with van der Waals surface area (Å²) >= 11 is 0. The Morgan fingerprint density at radius 1 is 1.40 bits per heavy atom. The van der Waals surface area contributed by atoms with E-state index < -0.39 is 0 Å². The molecule has 15 heavy (non-hydrogen) atoms. The summed E-state index contributed by atoms with van der Waals surface area (Å²) in [6.07, 6.45) is -0.389. The fourth-order valence-corrected chi connectivity index (χ4v) is 2.01. The van der Waals surface area contributed by atoms with Crippen molar-refractivity contribution in [2.24, 2.45) is 0 Å². The van der Waals surface area contributed by atoms with Crippen LogP contribution in [0.3, 0.4) is 0 Å². The van der Waals surface area contributed by atoms with Crippen LogP contribution in [0.5, 0.6) is 0 Å². The van der Waals surface area contributed by atoms with E-state index in [0.717, 1.165) is 6.54 Å². The maximum absolute atomic E-state index is 9.85. The lowest BCUT2D eigenvalue weighted by Gasteiger charge is -2.32. The van der Waals surface area contributed by atoms with Gasteiger partial charge < -0.3 is 5.11 Å².